The molecule has 144 valence electrons. The zero-order valence-corrected chi connectivity index (χ0v) is 16.6. The van der Waals surface area contributed by atoms with Gasteiger partial charge in [0.1, 0.15) is 0 Å². The number of likely N-dealkylation sites (tertiary alicyclic amines) is 2. The minimum absolute atomic E-state index is 0.107. The van der Waals surface area contributed by atoms with Crippen LogP contribution in [0.3, 0.4) is 0 Å². The van der Waals surface area contributed by atoms with E-state index in [2.05, 4.69) is 46.1 Å². The number of benzene rings is 1. The Morgan fingerprint density at radius 2 is 2.00 bits per heavy atom. The van der Waals surface area contributed by atoms with Crippen molar-refractivity contribution >= 4 is 6.03 Å². The van der Waals surface area contributed by atoms with Crippen molar-refractivity contribution in [3.8, 4) is 0 Å². The molecule has 6 nitrogen and oxygen atoms in total. The minimum Gasteiger partial charge on any atom is -0.360 e. The third-order valence-electron chi connectivity index (χ3n) is 5.93. The molecule has 2 aromatic rings. The van der Waals surface area contributed by atoms with Gasteiger partial charge in [0, 0.05) is 45.7 Å². The van der Waals surface area contributed by atoms with Crippen molar-refractivity contribution in [1.29, 1.82) is 0 Å². The topological polar surface area (TPSA) is 52.8 Å². The summed E-state index contributed by atoms with van der Waals surface area (Å²) in [5.41, 5.74) is 3.45. The average Bonchev–Trinajstić information content (AvgIpc) is 3.29. The van der Waals surface area contributed by atoms with Crippen LogP contribution in [-0.4, -0.2) is 59.6 Å². The van der Waals surface area contributed by atoms with Crippen molar-refractivity contribution in [2.45, 2.75) is 26.4 Å². The predicted octanol–water partition coefficient (Wildman–Crippen LogP) is 3.08. The summed E-state index contributed by atoms with van der Waals surface area (Å²) >= 11 is 0. The van der Waals surface area contributed by atoms with Gasteiger partial charge in [0.15, 0.2) is 5.76 Å². The van der Waals surface area contributed by atoms with Gasteiger partial charge >= 0.3 is 6.03 Å². The van der Waals surface area contributed by atoms with Gasteiger partial charge in [-0.1, -0.05) is 29.4 Å². The molecule has 0 spiro atoms. The molecule has 6 heteroatoms. The Morgan fingerprint density at radius 1 is 1.22 bits per heavy atom. The normalized spacial score (nSPS) is 25.0. The molecule has 0 unspecified atom stereocenters. The van der Waals surface area contributed by atoms with E-state index in [4.69, 9.17) is 4.52 Å². The third-order valence-corrected chi connectivity index (χ3v) is 5.93. The Morgan fingerprint density at radius 3 is 2.67 bits per heavy atom. The number of hydrogen-bond donors (Lipinski definition) is 0. The molecule has 1 aromatic heterocycles. The van der Waals surface area contributed by atoms with E-state index in [0.717, 1.165) is 37.6 Å². The van der Waals surface area contributed by atoms with E-state index in [-0.39, 0.29) is 12.1 Å². The first-order valence-corrected chi connectivity index (χ1v) is 9.62. The molecule has 3 atom stereocenters. The monoisotopic (exact) mass is 368 g/mol. The lowest BCUT2D eigenvalue weighted by Gasteiger charge is -2.32. The lowest BCUT2D eigenvalue weighted by molar-refractivity contribution is 0.150. The molecule has 2 aliphatic rings. The van der Waals surface area contributed by atoms with Crippen LogP contribution in [-0.2, 0) is 6.54 Å². The fourth-order valence-corrected chi connectivity index (χ4v) is 4.75. The Labute approximate surface area is 160 Å². The van der Waals surface area contributed by atoms with Gasteiger partial charge in [-0.2, -0.15) is 0 Å². The molecule has 0 aliphatic carbocycles. The maximum Gasteiger partial charge on any atom is 0.320 e. The molecule has 27 heavy (non-hydrogen) atoms. The molecular formula is C21H28N4O2. The fraction of sp³-hybridized carbons (Fsp3) is 0.524. The molecule has 3 heterocycles. The summed E-state index contributed by atoms with van der Waals surface area (Å²) in [6, 6.07) is 10.7. The van der Waals surface area contributed by atoms with E-state index < -0.39 is 0 Å². The van der Waals surface area contributed by atoms with Gasteiger partial charge in [0.2, 0.25) is 0 Å². The summed E-state index contributed by atoms with van der Waals surface area (Å²) in [6.45, 7) is 7.66. The van der Waals surface area contributed by atoms with Gasteiger partial charge in [0.05, 0.1) is 18.3 Å². The highest BCUT2D eigenvalue weighted by atomic mass is 16.5. The summed E-state index contributed by atoms with van der Waals surface area (Å²) in [5.74, 6) is 1.85. The van der Waals surface area contributed by atoms with Crippen LogP contribution in [0.5, 0.6) is 0 Å². The Bertz CT molecular complexity index is 831. The molecule has 0 saturated carbocycles. The number of rotatable bonds is 3. The number of aryl methyl sites for hydroxylation is 2. The van der Waals surface area contributed by atoms with Crippen molar-refractivity contribution < 1.29 is 9.32 Å². The highest BCUT2D eigenvalue weighted by Gasteiger charge is 2.49. The van der Waals surface area contributed by atoms with E-state index in [1.54, 1.807) is 4.90 Å². The molecule has 2 aliphatic heterocycles. The standard InChI is InChI=1S/C21H28N4O2/c1-14-7-5-6-8-18(14)20-19-13-24(12-17-9-15(2)22-27-17)10-16(19)11-25(20)21(26)23(3)4/h5-9,16,19-20H,10-13H2,1-4H3/t16-,19-,20+/m1/s1. The molecule has 2 fully saturated rings. The molecule has 0 N–H and O–H groups in total. The van der Waals surface area contributed by atoms with Crippen LogP contribution in [0, 0.1) is 25.7 Å². The van der Waals surface area contributed by atoms with Gasteiger partial charge in [-0.05, 0) is 30.9 Å². The number of carbonyl (C=O) groups excluding carboxylic acids is 1. The number of amides is 2. The van der Waals surface area contributed by atoms with Crippen molar-refractivity contribution in [2.24, 2.45) is 11.8 Å². The number of nitrogens with zero attached hydrogens (tertiary/aromatic N) is 4. The van der Waals surface area contributed by atoms with Crippen molar-refractivity contribution in [1.82, 2.24) is 19.9 Å². The third kappa shape index (κ3) is 3.34. The summed E-state index contributed by atoms with van der Waals surface area (Å²) in [7, 11) is 3.67. The van der Waals surface area contributed by atoms with E-state index >= 15 is 0 Å². The summed E-state index contributed by atoms with van der Waals surface area (Å²) in [6.07, 6.45) is 0. The van der Waals surface area contributed by atoms with Gasteiger partial charge in [-0.25, -0.2) is 4.79 Å². The molecular weight excluding hydrogens is 340 g/mol. The molecule has 4 rings (SSSR count). The Hall–Kier alpha value is -2.34. The van der Waals surface area contributed by atoms with Crippen LogP contribution in [0.15, 0.2) is 34.9 Å². The molecule has 0 bridgehead atoms. The van der Waals surface area contributed by atoms with Crippen LogP contribution in [0.25, 0.3) is 0 Å². The van der Waals surface area contributed by atoms with E-state index in [9.17, 15) is 4.79 Å². The van der Waals surface area contributed by atoms with E-state index in [1.165, 1.54) is 11.1 Å². The smallest absolute Gasteiger partial charge is 0.320 e. The first kappa shape index (κ1) is 18.0. The van der Waals surface area contributed by atoms with Crippen LogP contribution in [0.1, 0.15) is 28.6 Å². The first-order chi connectivity index (χ1) is 12.9. The maximum atomic E-state index is 12.9. The van der Waals surface area contributed by atoms with Gasteiger partial charge in [0.25, 0.3) is 0 Å². The van der Waals surface area contributed by atoms with Gasteiger partial charge in [-0.15, -0.1) is 0 Å². The number of carbonyl (C=O) groups is 1. The fourth-order valence-electron chi connectivity index (χ4n) is 4.75. The van der Waals surface area contributed by atoms with Crippen molar-refractivity contribution in [3.05, 3.63) is 52.9 Å². The highest BCUT2D eigenvalue weighted by Crippen LogP contribution is 2.46. The van der Waals surface area contributed by atoms with Crippen LogP contribution >= 0.6 is 0 Å². The largest absolute Gasteiger partial charge is 0.360 e. The molecule has 2 saturated heterocycles. The maximum absolute atomic E-state index is 12.9. The van der Waals surface area contributed by atoms with Gasteiger partial charge in [-0.3, -0.25) is 4.90 Å². The minimum atomic E-state index is 0.107. The lowest BCUT2D eigenvalue weighted by Crippen LogP contribution is -2.41. The van der Waals surface area contributed by atoms with E-state index in [0.29, 0.717) is 11.8 Å². The second-order valence-electron chi connectivity index (χ2n) is 8.18. The summed E-state index contributed by atoms with van der Waals surface area (Å²) in [5, 5.41) is 4.00. The highest BCUT2D eigenvalue weighted by molar-refractivity contribution is 5.75. The number of fused-ring (bicyclic) bond motifs is 1. The number of aromatic nitrogens is 1. The van der Waals surface area contributed by atoms with Gasteiger partial charge < -0.3 is 14.3 Å². The number of urea groups is 1. The van der Waals surface area contributed by atoms with Crippen molar-refractivity contribution in [2.75, 3.05) is 33.7 Å². The van der Waals surface area contributed by atoms with Crippen LogP contribution in [0.2, 0.25) is 0 Å². The first-order valence-electron chi connectivity index (χ1n) is 9.62. The Kier molecular flexibility index (Phi) is 4.68. The number of hydrogen-bond acceptors (Lipinski definition) is 4. The van der Waals surface area contributed by atoms with E-state index in [1.807, 2.05) is 27.1 Å². The van der Waals surface area contributed by atoms with Crippen LogP contribution in [0.4, 0.5) is 4.79 Å². The second-order valence-corrected chi connectivity index (χ2v) is 8.18. The zero-order chi connectivity index (χ0) is 19.1. The summed E-state index contributed by atoms with van der Waals surface area (Å²) < 4.78 is 5.41. The molecule has 2 amide bonds. The molecule has 0 radical (unpaired) electrons. The average molecular weight is 368 g/mol. The Balaban J connectivity index is 1.59. The predicted molar refractivity (Wildman–Crippen MR) is 103 cm³/mol. The lowest BCUT2D eigenvalue weighted by atomic mass is 9.88. The van der Waals surface area contributed by atoms with Crippen molar-refractivity contribution in [3.63, 3.8) is 0 Å². The SMILES string of the molecule is Cc1cc(CN2C[C@@H]3CN(C(=O)N(C)C)[C@@H](c4ccccc4C)[C@@H]3C2)on1. The summed E-state index contributed by atoms with van der Waals surface area (Å²) in [4.78, 5) is 19.1. The molecule has 1 aromatic carbocycles. The second kappa shape index (κ2) is 7.00. The zero-order valence-electron chi connectivity index (χ0n) is 16.6. The quantitative estimate of drug-likeness (QED) is 0.835. The van der Waals surface area contributed by atoms with Crippen LogP contribution < -0.4 is 0 Å².